The smallest absolute Gasteiger partial charge is 0.295 e. The predicted octanol–water partition coefficient (Wildman–Crippen LogP) is 2.87. The highest BCUT2D eigenvalue weighted by molar-refractivity contribution is 9.10. The van der Waals surface area contributed by atoms with Crippen LogP contribution in [-0.4, -0.2) is 24.2 Å². The summed E-state index contributed by atoms with van der Waals surface area (Å²) in [4.78, 5) is 10.6. The monoisotopic (exact) mass is 300 g/mol. The topological polar surface area (TPSA) is 64.4 Å². The SMILES string of the molecule is Cc1cc(Br)cc(NCC2CCO2)c1[N+](=O)[O-]. The van der Waals surface area contributed by atoms with E-state index in [1.165, 1.54) is 0 Å². The molecule has 5 nitrogen and oxygen atoms in total. The first-order valence-corrected chi connectivity index (χ1v) is 6.17. The molecule has 1 unspecified atom stereocenters. The number of nitrogens with one attached hydrogen (secondary N) is 1. The molecule has 0 aliphatic carbocycles. The summed E-state index contributed by atoms with van der Waals surface area (Å²) in [7, 11) is 0. The molecule has 1 fully saturated rings. The van der Waals surface area contributed by atoms with Crippen LogP contribution < -0.4 is 5.32 Å². The molecule has 1 aliphatic rings. The Hall–Kier alpha value is -1.14. The van der Waals surface area contributed by atoms with E-state index < -0.39 is 0 Å². The fourth-order valence-electron chi connectivity index (χ4n) is 1.78. The molecule has 1 saturated heterocycles. The van der Waals surface area contributed by atoms with Gasteiger partial charge in [-0.1, -0.05) is 15.9 Å². The van der Waals surface area contributed by atoms with Crippen molar-refractivity contribution in [1.82, 2.24) is 0 Å². The highest BCUT2D eigenvalue weighted by Crippen LogP contribution is 2.32. The summed E-state index contributed by atoms with van der Waals surface area (Å²) in [6.45, 7) is 3.12. The van der Waals surface area contributed by atoms with Crippen LogP contribution in [0.4, 0.5) is 11.4 Å². The van der Waals surface area contributed by atoms with Crippen molar-refractivity contribution in [2.24, 2.45) is 0 Å². The standard InChI is InChI=1S/C11H13BrN2O3/c1-7-4-8(12)5-10(11(7)14(15)16)13-6-9-2-3-17-9/h4-5,9,13H,2-3,6H2,1H3. The number of halogens is 1. The molecule has 1 N–H and O–H groups in total. The minimum absolute atomic E-state index is 0.132. The van der Waals surface area contributed by atoms with Crippen molar-refractivity contribution in [3.05, 3.63) is 32.3 Å². The molecular formula is C11H13BrN2O3. The van der Waals surface area contributed by atoms with Crippen molar-refractivity contribution < 1.29 is 9.66 Å². The van der Waals surface area contributed by atoms with E-state index in [4.69, 9.17) is 4.74 Å². The quantitative estimate of drug-likeness (QED) is 0.686. The van der Waals surface area contributed by atoms with Crippen molar-refractivity contribution >= 4 is 27.3 Å². The minimum atomic E-state index is -0.355. The van der Waals surface area contributed by atoms with Crippen LogP contribution in [0.1, 0.15) is 12.0 Å². The average molecular weight is 301 g/mol. The maximum atomic E-state index is 11.0. The van der Waals surface area contributed by atoms with Crippen LogP contribution in [0.25, 0.3) is 0 Å². The third-order valence-corrected chi connectivity index (χ3v) is 3.22. The molecule has 17 heavy (non-hydrogen) atoms. The number of ether oxygens (including phenoxy) is 1. The first-order chi connectivity index (χ1) is 8.08. The Labute approximate surface area is 107 Å². The summed E-state index contributed by atoms with van der Waals surface area (Å²) in [5.41, 5.74) is 1.31. The Kier molecular flexibility index (Phi) is 3.63. The van der Waals surface area contributed by atoms with E-state index in [2.05, 4.69) is 21.2 Å². The summed E-state index contributed by atoms with van der Waals surface area (Å²) in [6, 6.07) is 3.47. The highest BCUT2D eigenvalue weighted by Gasteiger charge is 2.22. The number of aryl methyl sites for hydroxylation is 1. The summed E-state index contributed by atoms with van der Waals surface area (Å²) < 4.78 is 6.10. The molecule has 1 heterocycles. The first kappa shape index (κ1) is 12.3. The van der Waals surface area contributed by atoms with E-state index in [-0.39, 0.29) is 16.7 Å². The predicted molar refractivity (Wildman–Crippen MR) is 68.4 cm³/mol. The fourth-order valence-corrected chi connectivity index (χ4v) is 2.35. The maximum Gasteiger partial charge on any atom is 0.295 e. The average Bonchev–Trinajstić information content (AvgIpc) is 2.12. The van der Waals surface area contributed by atoms with Gasteiger partial charge in [0.25, 0.3) is 5.69 Å². The third-order valence-electron chi connectivity index (χ3n) is 2.76. The van der Waals surface area contributed by atoms with E-state index >= 15 is 0 Å². The minimum Gasteiger partial charge on any atom is -0.377 e. The zero-order valence-electron chi connectivity index (χ0n) is 9.40. The van der Waals surface area contributed by atoms with Crippen LogP contribution in [0.3, 0.4) is 0 Å². The van der Waals surface area contributed by atoms with Gasteiger partial charge in [-0.15, -0.1) is 0 Å². The van der Waals surface area contributed by atoms with E-state index in [9.17, 15) is 10.1 Å². The van der Waals surface area contributed by atoms with Gasteiger partial charge < -0.3 is 10.1 Å². The molecule has 0 aromatic heterocycles. The van der Waals surface area contributed by atoms with Crippen LogP contribution in [0.2, 0.25) is 0 Å². The molecule has 6 heteroatoms. The molecule has 1 aliphatic heterocycles. The number of nitro benzene ring substituents is 1. The van der Waals surface area contributed by atoms with Gasteiger partial charge in [0.2, 0.25) is 0 Å². The number of benzene rings is 1. The normalized spacial score (nSPS) is 18.6. The number of nitrogens with zero attached hydrogens (tertiary/aromatic N) is 1. The number of nitro groups is 1. The summed E-state index contributed by atoms with van der Waals surface area (Å²) in [5, 5.41) is 14.1. The largest absolute Gasteiger partial charge is 0.377 e. The number of hydrogen-bond donors (Lipinski definition) is 1. The zero-order chi connectivity index (χ0) is 12.4. The molecule has 1 aromatic carbocycles. The van der Waals surface area contributed by atoms with E-state index in [1.54, 1.807) is 19.1 Å². The van der Waals surface area contributed by atoms with Gasteiger partial charge in [-0.3, -0.25) is 10.1 Å². The molecule has 0 saturated carbocycles. The molecule has 0 amide bonds. The van der Waals surface area contributed by atoms with Gasteiger partial charge >= 0.3 is 0 Å². The molecule has 92 valence electrons. The first-order valence-electron chi connectivity index (χ1n) is 5.38. The highest BCUT2D eigenvalue weighted by atomic mass is 79.9. The van der Waals surface area contributed by atoms with E-state index in [1.807, 2.05) is 0 Å². The maximum absolute atomic E-state index is 11.0. The van der Waals surface area contributed by atoms with E-state index in [0.29, 0.717) is 17.8 Å². The van der Waals surface area contributed by atoms with Gasteiger partial charge in [-0.2, -0.15) is 0 Å². The van der Waals surface area contributed by atoms with Gasteiger partial charge in [0.15, 0.2) is 0 Å². The second-order valence-electron chi connectivity index (χ2n) is 4.04. The lowest BCUT2D eigenvalue weighted by Crippen LogP contribution is -2.33. The zero-order valence-corrected chi connectivity index (χ0v) is 11.0. The molecule has 0 radical (unpaired) electrons. The lowest BCUT2D eigenvalue weighted by molar-refractivity contribution is -0.384. The van der Waals surface area contributed by atoms with Crippen LogP contribution >= 0.6 is 15.9 Å². The Morgan fingerprint density at radius 3 is 2.88 bits per heavy atom. The van der Waals surface area contributed by atoms with E-state index in [0.717, 1.165) is 17.5 Å². The van der Waals surface area contributed by atoms with Crippen LogP contribution in [-0.2, 0) is 4.74 Å². The Morgan fingerprint density at radius 2 is 2.35 bits per heavy atom. The van der Waals surface area contributed by atoms with Crippen molar-refractivity contribution in [3.8, 4) is 0 Å². The van der Waals surface area contributed by atoms with Crippen molar-refractivity contribution in [3.63, 3.8) is 0 Å². The van der Waals surface area contributed by atoms with Gasteiger partial charge in [0.05, 0.1) is 11.0 Å². The fraction of sp³-hybridized carbons (Fsp3) is 0.455. The van der Waals surface area contributed by atoms with Crippen LogP contribution in [0.5, 0.6) is 0 Å². The van der Waals surface area contributed by atoms with Crippen molar-refractivity contribution in [2.45, 2.75) is 19.4 Å². The van der Waals surface area contributed by atoms with Crippen molar-refractivity contribution in [1.29, 1.82) is 0 Å². The van der Waals surface area contributed by atoms with Crippen LogP contribution in [0, 0.1) is 17.0 Å². The van der Waals surface area contributed by atoms with Crippen molar-refractivity contribution in [2.75, 3.05) is 18.5 Å². The molecule has 1 atom stereocenters. The molecule has 1 aromatic rings. The Balaban J connectivity index is 2.20. The lowest BCUT2D eigenvalue weighted by atomic mass is 10.1. The third kappa shape index (κ3) is 2.76. The van der Waals surface area contributed by atoms with Gasteiger partial charge in [0.1, 0.15) is 5.69 Å². The lowest BCUT2D eigenvalue weighted by Gasteiger charge is -2.26. The summed E-state index contributed by atoms with van der Waals surface area (Å²) in [6.07, 6.45) is 1.18. The summed E-state index contributed by atoms with van der Waals surface area (Å²) in [5.74, 6) is 0. The second-order valence-corrected chi connectivity index (χ2v) is 4.95. The second kappa shape index (κ2) is 5.01. The number of hydrogen-bond acceptors (Lipinski definition) is 4. The molecule has 0 bridgehead atoms. The van der Waals surface area contributed by atoms with Gasteiger partial charge in [0, 0.05) is 23.2 Å². The van der Waals surface area contributed by atoms with Gasteiger partial charge in [-0.05, 0) is 25.5 Å². The number of rotatable bonds is 4. The molecule has 0 spiro atoms. The van der Waals surface area contributed by atoms with Crippen LogP contribution in [0.15, 0.2) is 16.6 Å². The number of anilines is 1. The molecular weight excluding hydrogens is 288 g/mol. The van der Waals surface area contributed by atoms with Gasteiger partial charge in [-0.25, -0.2) is 0 Å². The molecule has 2 rings (SSSR count). The Bertz CT molecular complexity index is 447. The Morgan fingerprint density at radius 1 is 1.65 bits per heavy atom. The summed E-state index contributed by atoms with van der Waals surface area (Å²) >= 11 is 3.34.